The number of para-hydroxylation sites is 1. The lowest BCUT2D eigenvalue weighted by atomic mass is 10.1. The molecule has 0 aliphatic carbocycles. The second kappa shape index (κ2) is 10.8. The molecule has 0 saturated carbocycles. The van der Waals surface area contributed by atoms with Crippen LogP contribution in [-0.2, 0) is 0 Å². The lowest BCUT2D eigenvalue weighted by Gasteiger charge is -2.28. The third-order valence-corrected chi connectivity index (χ3v) is 7.26. The van der Waals surface area contributed by atoms with Gasteiger partial charge in [0.1, 0.15) is 11.5 Å². The number of rotatable bonds is 6. The van der Waals surface area contributed by atoms with Crippen LogP contribution in [0.2, 0.25) is 0 Å². The minimum Gasteiger partial charge on any atom is -0.481 e. The molecule has 0 spiro atoms. The summed E-state index contributed by atoms with van der Waals surface area (Å²) in [6.07, 6.45) is 11.5. The third kappa shape index (κ3) is 4.99. The van der Waals surface area contributed by atoms with Gasteiger partial charge < -0.3 is 15.0 Å². The molecule has 9 heteroatoms. The number of nitrogens with one attached hydrogen (secondary N) is 1. The van der Waals surface area contributed by atoms with Gasteiger partial charge in [0.15, 0.2) is 5.65 Å². The first-order valence-electron chi connectivity index (χ1n) is 13.6. The van der Waals surface area contributed by atoms with Crippen LogP contribution in [0.4, 0.5) is 5.82 Å². The quantitative estimate of drug-likeness (QED) is 0.316. The van der Waals surface area contributed by atoms with Gasteiger partial charge in [0.25, 0.3) is 0 Å². The zero-order chi connectivity index (χ0) is 27.6. The average molecular weight is 541 g/mol. The number of nitrogens with zero attached hydrogens (tertiary/aromatic N) is 7. The maximum Gasteiger partial charge on any atom is 0.213 e. The van der Waals surface area contributed by atoms with Gasteiger partial charge in [0.2, 0.25) is 5.88 Å². The normalized spacial score (nSPS) is 13.8. The van der Waals surface area contributed by atoms with Gasteiger partial charge in [0.05, 0.1) is 35.9 Å². The van der Waals surface area contributed by atoms with E-state index in [9.17, 15) is 0 Å². The lowest BCUT2D eigenvalue weighted by molar-refractivity contribution is 0.398. The highest BCUT2D eigenvalue weighted by Crippen LogP contribution is 2.29. The fraction of sp³-hybridized carbons (Fsp3) is 0.156. The minimum atomic E-state index is 0.522. The van der Waals surface area contributed by atoms with Gasteiger partial charge in [-0.1, -0.05) is 24.3 Å². The summed E-state index contributed by atoms with van der Waals surface area (Å²) in [6.45, 7) is 3.83. The fourth-order valence-corrected chi connectivity index (χ4v) is 5.12. The topological polar surface area (TPSA) is 93.4 Å². The Balaban J connectivity index is 1.30. The predicted molar refractivity (Wildman–Crippen MR) is 162 cm³/mol. The number of pyridine rings is 3. The summed E-state index contributed by atoms with van der Waals surface area (Å²) in [5.74, 6) is 1.50. The van der Waals surface area contributed by atoms with Gasteiger partial charge in [0, 0.05) is 67.3 Å². The number of fused-ring (bicyclic) bond motifs is 2. The lowest BCUT2D eigenvalue weighted by Crippen LogP contribution is -2.43. The molecule has 9 nitrogen and oxygen atoms in total. The molecular formula is C32H28N8O. The predicted octanol–water partition coefficient (Wildman–Crippen LogP) is 4.99. The van der Waals surface area contributed by atoms with Crippen molar-refractivity contribution in [2.45, 2.75) is 0 Å². The van der Waals surface area contributed by atoms with Crippen LogP contribution in [0.25, 0.3) is 51.2 Å². The summed E-state index contributed by atoms with van der Waals surface area (Å²) in [4.78, 5) is 26.0. The molecule has 5 aromatic heterocycles. The average Bonchev–Trinajstić information content (AvgIpc) is 3.48. The molecule has 0 radical (unpaired) electrons. The molecule has 0 amide bonds. The van der Waals surface area contributed by atoms with Gasteiger partial charge in [-0.2, -0.15) is 0 Å². The standard InChI is InChI=1S/C32H28N8O/c1-41-30-18-23(12-13-34-30)31-32-38-26(10-9-25-8-6-22-4-2-3-5-27(22)37-25)21-40(32)28(20-36-31)24-7-11-29(35-19-24)39-16-14-33-15-17-39/h2-13,18-21,33H,14-17H2,1H3/b10-9+. The second-order valence-electron chi connectivity index (χ2n) is 9.84. The van der Waals surface area contributed by atoms with E-state index in [0.717, 1.165) is 82.4 Å². The molecule has 0 unspecified atom stereocenters. The van der Waals surface area contributed by atoms with Crippen LogP contribution < -0.4 is 15.0 Å². The smallest absolute Gasteiger partial charge is 0.213 e. The molecule has 202 valence electrons. The molecule has 41 heavy (non-hydrogen) atoms. The van der Waals surface area contributed by atoms with Gasteiger partial charge in [-0.3, -0.25) is 9.38 Å². The Hall–Kier alpha value is -5.15. The summed E-state index contributed by atoms with van der Waals surface area (Å²) in [5, 5.41) is 4.50. The van der Waals surface area contributed by atoms with Gasteiger partial charge >= 0.3 is 0 Å². The SMILES string of the molecule is COc1cc(-c2ncc(-c3ccc(N4CCNCC4)nc3)n3cc(/C=C/c4ccc5ccccc5n4)nc23)ccn1. The summed E-state index contributed by atoms with van der Waals surface area (Å²) in [5.41, 5.74) is 6.83. The van der Waals surface area contributed by atoms with Crippen molar-refractivity contribution in [3.8, 4) is 28.4 Å². The van der Waals surface area contributed by atoms with Crippen molar-refractivity contribution in [3.63, 3.8) is 0 Å². The van der Waals surface area contributed by atoms with Crippen LogP contribution in [0.5, 0.6) is 5.88 Å². The maximum absolute atomic E-state index is 5.37. The Kier molecular flexibility index (Phi) is 6.54. The monoisotopic (exact) mass is 540 g/mol. The van der Waals surface area contributed by atoms with Crippen LogP contribution >= 0.6 is 0 Å². The molecule has 6 aromatic rings. The van der Waals surface area contributed by atoms with Gasteiger partial charge in [-0.05, 0) is 42.5 Å². The molecule has 1 saturated heterocycles. The van der Waals surface area contributed by atoms with E-state index in [2.05, 4.69) is 43.9 Å². The molecule has 7 rings (SSSR count). The third-order valence-electron chi connectivity index (χ3n) is 7.26. The highest BCUT2D eigenvalue weighted by atomic mass is 16.5. The van der Waals surface area contributed by atoms with E-state index in [1.807, 2.05) is 67.1 Å². The van der Waals surface area contributed by atoms with Crippen molar-refractivity contribution >= 4 is 34.5 Å². The van der Waals surface area contributed by atoms with Crippen molar-refractivity contribution in [1.82, 2.24) is 34.6 Å². The van der Waals surface area contributed by atoms with Crippen molar-refractivity contribution in [2.75, 3.05) is 38.2 Å². The number of imidazole rings is 1. The second-order valence-corrected chi connectivity index (χ2v) is 9.84. The Morgan fingerprint density at radius 3 is 2.56 bits per heavy atom. The summed E-state index contributed by atoms with van der Waals surface area (Å²) >= 11 is 0. The Morgan fingerprint density at radius 2 is 1.71 bits per heavy atom. The molecule has 1 aliphatic heterocycles. The van der Waals surface area contributed by atoms with E-state index in [1.165, 1.54) is 0 Å². The first-order chi connectivity index (χ1) is 20.2. The molecule has 6 heterocycles. The first-order valence-corrected chi connectivity index (χ1v) is 13.6. The molecular weight excluding hydrogens is 512 g/mol. The zero-order valence-electron chi connectivity index (χ0n) is 22.6. The van der Waals surface area contributed by atoms with Crippen molar-refractivity contribution in [3.05, 3.63) is 96.8 Å². The molecule has 0 atom stereocenters. The number of hydrogen-bond acceptors (Lipinski definition) is 8. The highest BCUT2D eigenvalue weighted by molar-refractivity contribution is 5.82. The molecule has 1 aliphatic rings. The Bertz CT molecular complexity index is 1870. The van der Waals surface area contributed by atoms with Crippen molar-refractivity contribution in [2.24, 2.45) is 0 Å². The van der Waals surface area contributed by atoms with Crippen LogP contribution in [0.15, 0.2) is 85.5 Å². The van der Waals surface area contributed by atoms with E-state index in [4.69, 9.17) is 24.7 Å². The van der Waals surface area contributed by atoms with E-state index < -0.39 is 0 Å². The highest BCUT2D eigenvalue weighted by Gasteiger charge is 2.16. The van der Waals surface area contributed by atoms with Crippen molar-refractivity contribution in [1.29, 1.82) is 0 Å². The van der Waals surface area contributed by atoms with Crippen LogP contribution in [0.3, 0.4) is 0 Å². The van der Waals surface area contributed by atoms with E-state index in [-0.39, 0.29) is 0 Å². The van der Waals surface area contributed by atoms with Gasteiger partial charge in [-0.15, -0.1) is 0 Å². The van der Waals surface area contributed by atoms with Crippen LogP contribution in [-0.4, -0.2) is 62.6 Å². The summed E-state index contributed by atoms with van der Waals surface area (Å²) in [7, 11) is 1.61. The number of aromatic nitrogens is 6. The molecule has 1 N–H and O–H groups in total. The first kappa shape index (κ1) is 24.9. The number of ether oxygens (including phenoxy) is 1. The van der Waals surface area contributed by atoms with Crippen LogP contribution in [0.1, 0.15) is 11.4 Å². The largest absolute Gasteiger partial charge is 0.481 e. The number of methoxy groups -OCH3 is 1. The van der Waals surface area contributed by atoms with E-state index in [0.29, 0.717) is 5.88 Å². The van der Waals surface area contributed by atoms with E-state index >= 15 is 0 Å². The molecule has 1 aromatic carbocycles. The maximum atomic E-state index is 5.37. The number of hydrogen-bond donors (Lipinski definition) is 1. The number of anilines is 1. The van der Waals surface area contributed by atoms with Gasteiger partial charge in [-0.25, -0.2) is 19.9 Å². The molecule has 1 fully saturated rings. The minimum absolute atomic E-state index is 0.522. The zero-order valence-corrected chi connectivity index (χ0v) is 22.6. The summed E-state index contributed by atoms with van der Waals surface area (Å²) in [6, 6.07) is 20.2. The molecule has 0 bridgehead atoms. The van der Waals surface area contributed by atoms with E-state index in [1.54, 1.807) is 13.3 Å². The number of piperazine rings is 1. The Morgan fingerprint density at radius 1 is 0.829 bits per heavy atom. The Labute approximate surface area is 237 Å². The summed E-state index contributed by atoms with van der Waals surface area (Å²) < 4.78 is 7.44. The fourth-order valence-electron chi connectivity index (χ4n) is 5.12. The van der Waals surface area contributed by atoms with Crippen molar-refractivity contribution < 1.29 is 4.74 Å². The number of benzene rings is 1. The van der Waals surface area contributed by atoms with Crippen LogP contribution in [0, 0.1) is 0 Å².